The van der Waals surface area contributed by atoms with Gasteiger partial charge in [-0.05, 0) is 30.9 Å². The van der Waals surface area contributed by atoms with Crippen molar-refractivity contribution in [3.05, 3.63) is 29.8 Å². The summed E-state index contributed by atoms with van der Waals surface area (Å²) in [7, 11) is -3.52. The number of benzene rings is 1. The van der Waals surface area contributed by atoms with Gasteiger partial charge >= 0.3 is 5.97 Å². The van der Waals surface area contributed by atoms with Gasteiger partial charge in [0.05, 0.1) is 22.9 Å². The Kier molecular flexibility index (Phi) is 6.05. The minimum Gasteiger partial charge on any atom is -0.481 e. The summed E-state index contributed by atoms with van der Waals surface area (Å²) in [6.45, 7) is 4.26. The second kappa shape index (κ2) is 7.86. The van der Waals surface area contributed by atoms with Crippen molar-refractivity contribution in [1.82, 2.24) is 4.90 Å². The number of carbonyl (C=O) groups excluding carboxylic acids is 1. The largest absolute Gasteiger partial charge is 0.481 e. The predicted molar refractivity (Wildman–Crippen MR) is 95.0 cm³/mol. The minimum absolute atomic E-state index is 0.0304. The fraction of sp³-hybridized carbons (Fsp3) is 0.529. The van der Waals surface area contributed by atoms with Crippen LogP contribution in [0.2, 0.25) is 0 Å². The van der Waals surface area contributed by atoms with E-state index in [0.717, 1.165) is 0 Å². The molecule has 2 rings (SSSR count). The third kappa shape index (κ3) is 4.94. The molecule has 0 bridgehead atoms. The van der Waals surface area contributed by atoms with E-state index in [0.29, 0.717) is 19.4 Å². The molecule has 8 heteroatoms. The number of carbonyl (C=O) groups is 2. The molecule has 1 aromatic carbocycles. The molecular formula is C17H24N2O5S. The second-order valence-electron chi connectivity index (χ2n) is 6.55. The van der Waals surface area contributed by atoms with E-state index in [9.17, 15) is 23.1 Å². The lowest BCUT2D eigenvalue weighted by atomic mass is 9.90. The number of hydrogen-bond acceptors (Lipinski definition) is 4. The molecule has 1 heterocycles. The van der Waals surface area contributed by atoms with Crippen LogP contribution in [0.1, 0.15) is 37.0 Å². The number of carboxylic acid groups (broad SMARTS) is 1. The van der Waals surface area contributed by atoms with E-state index in [2.05, 4.69) is 4.72 Å². The molecule has 2 unspecified atom stereocenters. The zero-order valence-electron chi connectivity index (χ0n) is 14.4. The zero-order valence-corrected chi connectivity index (χ0v) is 15.3. The summed E-state index contributed by atoms with van der Waals surface area (Å²) in [6, 6.07) is 6.41. The quantitative estimate of drug-likeness (QED) is 0.799. The monoisotopic (exact) mass is 368 g/mol. The third-order valence-corrected chi connectivity index (χ3v) is 5.67. The molecule has 138 valence electrons. The first-order valence-corrected chi connectivity index (χ1v) is 10.00. The molecule has 25 heavy (non-hydrogen) atoms. The average Bonchev–Trinajstić information content (AvgIpc) is 2.53. The standard InChI is InChI=1S/C17H24N2O5S/c1-3-8-25(23,24)18-15-7-5-4-6-14(15)16(20)19-10-12(2)9-13(11-19)17(21)22/h4-7,12-13,18H,3,8-11H2,1-2H3,(H,21,22). The van der Waals surface area contributed by atoms with Gasteiger partial charge in [-0.3, -0.25) is 14.3 Å². The van der Waals surface area contributed by atoms with Crippen LogP contribution in [0.5, 0.6) is 0 Å². The van der Waals surface area contributed by atoms with Crippen molar-refractivity contribution in [2.75, 3.05) is 23.6 Å². The van der Waals surface area contributed by atoms with Crippen LogP contribution < -0.4 is 4.72 Å². The normalized spacial score (nSPS) is 21.0. The zero-order chi connectivity index (χ0) is 18.6. The highest BCUT2D eigenvalue weighted by molar-refractivity contribution is 7.92. The molecular weight excluding hydrogens is 344 g/mol. The number of para-hydroxylation sites is 1. The number of hydrogen-bond donors (Lipinski definition) is 2. The number of rotatable bonds is 6. The predicted octanol–water partition coefficient (Wildman–Crippen LogP) is 2.02. The Balaban J connectivity index is 2.26. The molecule has 0 radical (unpaired) electrons. The number of carboxylic acids is 1. The van der Waals surface area contributed by atoms with Crippen LogP contribution in [0.4, 0.5) is 5.69 Å². The lowest BCUT2D eigenvalue weighted by molar-refractivity contribution is -0.143. The van der Waals surface area contributed by atoms with Gasteiger partial charge in [0.1, 0.15) is 0 Å². The molecule has 0 spiro atoms. The molecule has 1 fully saturated rings. The summed E-state index contributed by atoms with van der Waals surface area (Å²) in [4.78, 5) is 25.7. The van der Waals surface area contributed by atoms with Crippen molar-refractivity contribution in [2.45, 2.75) is 26.7 Å². The number of nitrogens with zero attached hydrogens (tertiary/aromatic N) is 1. The number of amides is 1. The molecule has 1 aliphatic rings. The number of nitrogens with one attached hydrogen (secondary N) is 1. The number of likely N-dealkylation sites (tertiary alicyclic amines) is 1. The molecule has 1 aliphatic heterocycles. The van der Waals surface area contributed by atoms with E-state index in [1.54, 1.807) is 31.2 Å². The first kappa shape index (κ1) is 19.2. The van der Waals surface area contributed by atoms with Crippen molar-refractivity contribution in [2.24, 2.45) is 11.8 Å². The topological polar surface area (TPSA) is 104 Å². The van der Waals surface area contributed by atoms with Crippen molar-refractivity contribution in [3.63, 3.8) is 0 Å². The molecule has 1 amide bonds. The second-order valence-corrected chi connectivity index (χ2v) is 8.39. The van der Waals surface area contributed by atoms with Gasteiger partial charge in [0, 0.05) is 13.1 Å². The van der Waals surface area contributed by atoms with Crippen LogP contribution in [0.15, 0.2) is 24.3 Å². The molecule has 0 saturated carbocycles. The Labute approximate surface area is 148 Å². The van der Waals surface area contributed by atoms with Crippen molar-refractivity contribution >= 4 is 27.6 Å². The van der Waals surface area contributed by atoms with Gasteiger partial charge in [-0.25, -0.2) is 8.42 Å². The average molecular weight is 368 g/mol. The van der Waals surface area contributed by atoms with Gasteiger partial charge < -0.3 is 10.0 Å². The number of sulfonamides is 1. The van der Waals surface area contributed by atoms with E-state index in [1.807, 2.05) is 6.92 Å². The van der Waals surface area contributed by atoms with Gasteiger partial charge in [0.15, 0.2) is 0 Å². The fourth-order valence-electron chi connectivity index (χ4n) is 3.11. The SMILES string of the molecule is CCCS(=O)(=O)Nc1ccccc1C(=O)N1CC(C)CC(C(=O)O)C1. The summed E-state index contributed by atoms with van der Waals surface area (Å²) >= 11 is 0. The Morgan fingerprint density at radius 2 is 1.96 bits per heavy atom. The van der Waals surface area contributed by atoms with Crippen molar-refractivity contribution < 1.29 is 23.1 Å². The Morgan fingerprint density at radius 1 is 1.28 bits per heavy atom. The lowest BCUT2D eigenvalue weighted by Crippen LogP contribution is -2.45. The minimum atomic E-state index is -3.52. The van der Waals surface area contributed by atoms with Crippen LogP contribution in [0.3, 0.4) is 0 Å². The van der Waals surface area contributed by atoms with Crippen LogP contribution in [-0.2, 0) is 14.8 Å². The molecule has 2 N–H and O–H groups in total. The number of piperidine rings is 1. The van der Waals surface area contributed by atoms with E-state index < -0.39 is 21.9 Å². The number of anilines is 1. The van der Waals surface area contributed by atoms with E-state index in [4.69, 9.17) is 0 Å². The highest BCUT2D eigenvalue weighted by Gasteiger charge is 2.33. The summed E-state index contributed by atoms with van der Waals surface area (Å²) in [6.07, 6.45) is 0.999. The Bertz CT molecular complexity index is 747. The fourth-order valence-corrected chi connectivity index (χ4v) is 4.27. The maximum Gasteiger partial charge on any atom is 0.308 e. The van der Waals surface area contributed by atoms with Gasteiger partial charge in [0.2, 0.25) is 10.0 Å². The molecule has 0 aromatic heterocycles. The Morgan fingerprint density at radius 3 is 2.60 bits per heavy atom. The van der Waals surface area contributed by atoms with E-state index in [1.165, 1.54) is 4.90 Å². The van der Waals surface area contributed by atoms with Crippen molar-refractivity contribution in [1.29, 1.82) is 0 Å². The maximum absolute atomic E-state index is 12.9. The summed E-state index contributed by atoms with van der Waals surface area (Å²) in [5.41, 5.74) is 0.464. The highest BCUT2D eigenvalue weighted by atomic mass is 32.2. The van der Waals surface area contributed by atoms with E-state index >= 15 is 0 Å². The summed E-state index contributed by atoms with van der Waals surface area (Å²) in [5, 5.41) is 9.26. The highest BCUT2D eigenvalue weighted by Crippen LogP contribution is 2.26. The summed E-state index contributed by atoms with van der Waals surface area (Å²) in [5.74, 6) is -1.83. The first-order valence-electron chi connectivity index (χ1n) is 8.35. The first-order chi connectivity index (χ1) is 11.7. The third-order valence-electron chi connectivity index (χ3n) is 4.19. The van der Waals surface area contributed by atoms with Crippen LogP contribution >= 0.6 is 0 Å². The van der Waals surface area contributed by atoms with Gasteiger partial charge in [-0.1, -0.05) is 26.0 Å². The molecule has 2 atom stereocenters. The lowest BCUT2D eigenvalue weighted by Gasteiger charge is -2.35. The smallest absolute Gasteiger partial charge is 0.308 e. The van der Waals surface area contributed by atoms with Crippen molar-refractivity contribution in [3.8, 4) is 0 Å². The maximum atomic E-state index is 12.9. The molecule has 0 aliphatic carbocycles. The van der Waals surface area contributed by atoms with Crippen LogP contribution in [0.25, 0.3) is 0 Å². The Hall–Kier alpha value is -2.09. The molecule has 1 saturated heterocycles. The van der Waals surface area contributed by atoms with Gasteiger partial charge in [0.25, 0.3) is 5.91 Å². The summed E-state index contributed by atoms with van der Waals surface area (Å²) < 4.78 is 26.5. The molecule has 1 aromatic rings. The van der Waals surface area contributed by atoms with Crippen LogP contribution in [-0.4, -0.2) is 49.1 Å². The van der Waals surface area contributed by atoms with Gasteiger partial charge in [-0.2, -0.15) is 0 Å². The van der Waals surface area contributed by atoms with Crippen LogP contribution in [0, 0.1) is 11.8 Å². The molecule has 7 nitrogen and oxygen atoms in total. The van der Waals surface area contributed by atoms with E-state index in [-0.39, 0.29) is 35.4 Å². The van der Waals surface area contributed by atoms with Gasteiger partial charge in [-0.15, -0.1) is 0 Å². The number of aliphatic carboxylic acids is 1.